The van der Waals surface area contributed by atoms with Crippen molar-refractivity contribution in [2.75, 3.05) is 5.75 Å². The number of aromatic nitrogens is 2. The summed E-state index contributed by atoms with van der Waals surface area (Å²) in [7, 11) is 0. The highest BCUT2D eigenvalue weighted by Gasteiger charge is 2.31. The summed E-state index contributed by atoms with van der Waals surface area (Å²) < 4.78 is 3.98. The van der Waals surface area contributed by atoms with E-state index in [2.05, 4.69) is 4.57 Å². The molecular formula is C12H14BrN3O2S. The number of hydrogen-bond acceptors (Lipinski definition) is 3. The van der Waals surface area contributed by atoms with Gasteiger partial charge >= 0.3 is 5.16 Å². The number of primary amides is 1. The van der Waals surface area contributed by atoms with Crippen LogP contribution in [0.2, 0.25) is 0 Å². The van der Waals surface area contributed by atoms with Crippen molar-refractivity contribution in [3.63, 3.8) is 0 Å². The quantitative estimate of drug-likeness (QED) is 0.567. The maximum Gasteiger partial charge on any atom is 0.319 e. The molecule has 1 aliphatic heterocycles. The first-order valence-electron chi connectivity index (χ1n) is 5.77. The molecule has 3 N–H and O–H groups in total. The monoisotopic (exact) mass is 343 g/mol. The SMILES string of the molecule is NC(=O)Cn1c2[n+](c3ccccc31)CC(O)CS2.[Br-]. The van der Waals surface area contributed by atoms with Crippen molar-refractivity contribution in [1.82, 2.24) is 4.57 Å². The van der Waals surface area contributed by atoms with Crippen molar-refractivity contribution in [1.29, 1.82) is 0 Å². The number of halogens is 1. The molecule has 1 unspecified atom stereocenters. The van der Waals surface area contributed by atoms with Gasteiger partial charge in [-0.2, -0.15) is 0 Å². The molecule has 7 heteroatoms. The van der Waals surface area contributed by atoms with Gasteiger partial charge in [0.1, 0.15) is 12.6 Å². The van der Waals surface area contributed by atoms with Crippen molar-refractivity contribution >= 4 is 28.7 Å². The van der Waals surface area contributed by atoms with Crippen LogP contribution in [0.5, 0.6) is 0 Å². The van der Waals surface area contributed by atoms with E-state index in [1.54, 1.807) is 11.8 Å². The Bertz CT molecular complexity index is 629. The topological polar surface area (TPSA) is 72.1 Å². The fraction of sp³-hybridized carbons (Fsp3) is 0.333. The molecule has 5 nitrogen and oxygen atoms in total. The van der Waals surface area contributed by atoms with Crippen molar-refractivity contribution in [3.8, 4) is 0 Å². The van der Waals surface area contributed by atoms with E-state index in [9.17, 15) is 9.90 Å². The van der Waals surface area contributed by atoms with E-state index in [0.29, 0.717) is 12.3 Å². The minimum Gasteiger partial charge on any atom is -1.00 e. The van der Waals surface area contributed by atoms with E-state index >= 15 is 0 Å². The van der Waals surface area contributed by atoms with Gasteiger partial charge in [0.15, 0.2) is 17.6 Å². The summed E-state index contributed by atoms with van der Waals surface area (Å²) in [6.07, 6.45) is -0.347. The standard InChI is InChI=1S/C12H13N3O2S.BrH/c13-11(17)6-15-10-4-2-1-3-9(10)14-5-8(16)7-18-12(14)15;/h1-4,8,16H,5-7H2,(H-,13,17);1H. The van der Waals surface area contributed by atoms with E-state index in [1.165, 1.54) is 0 Å². The number of carbonyl (C=O) groups is 1. The van der Waals surface area contributed by atoms with Gasteiger partial charge in [0.25, 0.3) is 5.91 Å². The predicted molar refractivity (Wildman–Crippen MR) is 68.1 cm³/mol. The zero-order valence-corrected chi connectivity index (χ0v) is 12.5. The molecule has 3 rings (SSSR count). The molecular weight excluding hydrogens is 330 g/mol. The molecule has 102 valence electrons. The van der Waals surface area contributed by atoms with E-state index in [-0.39, 0.29) is 35.5 Å². The van der Waals surface area contributed by atoms with Gasteiger partial charge in [0.05, 0.1) is 0 Å². The van der Waals surface area contributed by atoms with Gasteiger partial charge in [0.2, 0.25) is 0 Å². The number of thioether (sulfide) groups is 1. The molecule has 1 aliphatic rings. The summed E-state index contributed by atoms with van der Waals surface area (Å²) in [5, 5.41) is 10.8. The lowest BCUT2D eigenvalue weighted by atomic mass is 10.3. The number of amides is 1. The summed E-state index contributed by atoms with van der Waals surface area (Å²) >= 11 is 1.56. The Kier molecular flexibility index (Phi) is 4.17. The fourth-order valence-corrected chi connectivity index (χ4v) is 3.44. The maximum atomic E-state index is 11.2. The number of aliphatic hydroxyl groups excluding tert-OH is 1. The number of hydrogen-bond donors (Lipinski definition) is 2. The molecule has 1 aromatic carbocycles. The first-order valence-corrected chi connectivity index (χ1v) is 6.75. The number of rotatable bonds is 2. The predicted octanol–water partition coefficient (Wildman–Crippen LogP) is -3.12. The maximum absolute atomic E-state index is 11.2. The summed E-state index contributed by atoms with van der Waals surface area (Å²) in [5.74, 6) is 0.292. The van der Waals surface area contributed by atoms with Gasteiger partial charge in [-0.1, -0.05) is 12.1 Å². The lowest BCUT2D eigenvalue weighted by molar-refractivity contribution is -0.717. The number of fused-ring (bicyclic) bond motifs is 3. The van der Waals surface area contributed by atoms with Crippen molar-refractivity contribution in [3.05, 3.63) is 24.3 Å². The Morgan fingerprint density at radius 3 is 3.00 bits per heavy atom. The lowest BCUT2D eigenvalue weighted by Crippen LogP contribution is -3.00. The largest absolute Gasteiger partial charge is 1.00 e. The van der Waals surface area contributed by atoms with Gasteiger partial charge in [-0.05, 0) is 23.9 Å². The lowest BCUT2D eigenvalue weighted by Gasteiger charge is -2.14. The molecule has 0 bridgehead atoms. The number of nitrogens with zero attached hydrogens (tertiary/aromatic N) is 2. The summed E-state index contributed by atoms with van der Waals surface area (Å²) in [6.45, 7) is 0.737. The smallest absolute Gasteiger partial charge is 0.319 e. The number of imidazole rings is 1. The van der Waals surface area contributed by atoms with Crippen LogP contribution in [0.15, 0.2) is 29.4 Å². The minimum atomic E-state index is -0.356. The second-order valence-corrected chi connectivity index (χ2v) is 5.39. The zero-order chi connectivity index (χ0) is 12.7. The Morgan fingerprint density at radius 2 is 2.26 bits per heavy atom. The van der Waals surface area contributed by atoms with Crippen LogP contribution < -0.4 is 27.3 Å². The molecule has 1 amide bonds. The van der Waals surface area contributed by atoms with Crippen LogP contribution >= 0.6 is 11.8 Å². The minimum absolute atomic E-state index is 0. The second-order valence-electron chi connectivity index (χ2n) is 4.40. The number of carbonyl (C=O) groups excluding carboxylic acids is 1. The van der Waals surface area contributed by atoms with Crippen LogP contribution in [0, 0.1) is 0 Å². The van der Waals surface area contributed by atoms with Crippen LogP contribution in [-0.2, 0) is 17.9 Å². The number of para-hydroxylation sites is 2. The molecule has 0 radical (unpaired) electrons. The third-order valence-electron chi connectivity index (χ3n) is 3.04. The number of benzene rings is 1. The molecule has 0 spiro atoms. The first kappa shape index (κ1) is 14.4. The van der Waals surface area contributed by atoms with Crippen molar-refractivity contribution in [2.24, 2.45) is 5.73 Å². The average Bonchev–Trinajstić information content (AvgIpc) is 2.64. The van der Waals surface area contributed by atoms with E-state index in [1.807, 2.05) is 28.8 Å². The molecule has 1 atom stereocenters. The highest BCUT2D eigenvalue weighted by Crippen LogP contribution is 2.26. The van der Waals surface area contributed by atoms with Crippen LogP contribution in [-0.4, -0.2) is 27.4 Å². The van der Waals surface area contributed by atoms with E-state index < -0.39 is 0 Å². The Hall–Kier alpha value is -1.05. The average molecular weight is 344 g/mol. The van der Waals surface area contributed by atoms with Crippen LogP contribution in [0.3, 0.4) is 0 Å². The van der Waals surface area contributed by atoms with Gasteiger partial charge < -0.3 is 27.8 Å². The summed E-state index contributed by atoms with van der Waals surface area (Å²) in [6, 6.07) is 7.86. The normalized spacial score (nSPS) is 17.8. The Balaban J connectivity index is 0.00000133. The van der Waals surface area contributed by atoms with Crippen LogP contribution in [0.4, 0.5) is 0 Å². The highest BCUT2D eigenvalue weighted by molar-refractivity contribution is 7.99. The molecule has 1 aromatic heterocycles. The van der Waals surface area contributed by atoms with Crippen molar-refractivity contribution < 1.29 is 31.4 Å². The van der Waals surface area contributed by atoms with E-state index in [4.69, 9.17) is 5.73 Å². The molecule has 0 saturated carbocycles. The van der Waals surface area contributed by atoms with Gasteiger partial charge in [-0.15, -0.1) is 0 Å². The molecule has 0 saturated heterocycles. The summed E-state index contributed by atoms with van der Waals surface area (Å²) in [4.78, 5) is 11.2. The first-order chi connectivity index (χ1) is 8.66. The highest BCUT2D eigenvalue weighted by atomic mass is 79.9. The molecule has 0 aliphatic carbocycles. The van der Waals surface area contributed by atoms with Crippen LogP contribution in [0.25, 0.3) is 11.0 Å². The number of nitrogens with two attached hydrogens (primary N) is 1. The van der Waals surface area contributed by atoms with Crippen LogP contribution in [0.1, 0.15) is 0 Å². The van der Waals surface area contributed by atoms with Gasteiger partial charge in [-0.3, -0.25) is 4.79 Å². The van der Waals surface area contributed by atoms with Crippen molar-refractivity contribution in [2.45, 2.75) is 24.3 Å². The van der Waals surface area contributed by atoms with Gasteiger partial charge in [-0.25, -0.2) is 9.13 Å². The Morgan fingerprint density at radius 1 is 1.53 bits per heavy atom. The number of aliphatic hydroxyl groups is 1. The third kappa shape index (κ3) is 2.50. The molecule has 2 heterocycles. The van der Waals surface area contributed by atoms with Gasteiger partial charge in [0, 0.05) is 5.75 Å². The Labute approximate surface area is 125 Å². The second kappa shape index (κ2) is 5.52. The molecule has 19 heavy (non-hydrogen) atoms. The van der Waals surface area contributed by atoms with E-state index in [0.717, 1.165) is 16.2 Å². The molecule has 0 fully saturated rings. The zero-order valence-electron chi connectivity index (χ0n) is 10.1. The molecule has 2 aromatic rings. The third-order valence-corrected chi connectivity index (χ3v) is 4.29. The fourth-order valence-electron chi connectivity index (χ4n) is 2.35. The summed E-state index contributed by atoms with van der Waals surface area (Å²) in [5.41, 5.74) is 7.31.